The number of ether oxygens (including phenoxy) is 3. The van der Waals surface area contributed by atoms with Crippen LogP contribution in [-0.2, 0) is 33.4 Å². The van der Waals surface area contributed by atoms with E-state index in [1.54, 1.807) is 26.3 Å². The first-order valence-electron chi connectivity index (χ1n) is 11.9. The van der Waals surface area contributed by atoms with Crippen molar-refractivity contribution in [2.75, 3.05) is 38.4 Å². The number of carbonyl (C=O) groups excluding carboxylic acids is 1. The molecule has 0 aliphatic heterocycles. The molecule has 0 radical (unpaired) electrons. The molecular weight excluding hydrogens is 487 g/mol. The molecule has 2 aromatic carbocycles. The lowest BCUT2D eigenvalue weighted by atomic mass is 10.1. The molecule has 7 nitrogen and oxygen atoms in total. The monoisotopic (exact) mass is 517 g/mol. The molecule has 0 saturated carbocycles. The van der Waals surface area contributed by atoms with E-state index in [0.717, 1.165) is 23.3 Å². The van der Waals surface area contributed by atoms with Crippen LogP contribution in [0.2, 0.25) is 0 Å². The van der Waals surface area contributed by atoms with Gasteiger partial charge in [0.1, 0.15) is 5.75 Å². The van der Waals surface area contributed by atoms with Crippen LogP contribution in [-0.4, -0.2) is 49.4 Å². The molecule has 0 bridgehead atoms. The van der Waals surface area contributed by atoms with Gasteiger partial charge >= 0.3 is 12.1 Å². The molecular formula is C27H30F3N3O4. The summed E-state index contributed by atoms with van der Waals surface area (Å²) in [7, 11) is 1.60. The van der Waals surface area contributed by atoms with Gasteiger partial charge in [-0.3, -0.25) is 0 Å². The summed E-state index contributed by atoms with van der Waals surface area (Å²) in [6.07, 6.45) is -2.12. The molecule has 0 aliphatic rings. The Morgan fingerprint density at radius 3 is 2.46 bits per heavy atom. The van der Waals surface area contributed by atoms with Gasteiger partial charge in [0.2, 0.25) is 5.95 Å². The second-order valence-corrected chi connectivity index (χ2v) is 8.12. The van der Waals surface area contributed by atoms with Crippen molar-refractivity contribution in [1.82, 2.24) is 9.97 Å². The van der Waals surface area contributed by atoms with Gasteiger partial charge in [-0.1, -0.05) is 31.2 Å². The topological polar surface area (TPSA) is 73.8 Å². The van der Waals surface area contributed by atoms with Gasteiger partial charge in [-0.25, -0.2) is 14.8 Å². The fourth-order valence-electron chi connectivity index (χ4n) is 3.65. The van der Waals surface area contributed by atoms with Gasteiger partial charge in [0.15, 0.2) is 6.61 Å². The summed E-state index contributed by atoms with van der Waals surface area (Å²) in [5.41, 5.74) is 2.26. The molecule has 0 saturated heterocycles. The third-order valence-electron chi connectivity index (χ3n) is 5.53. The highest BCUT2D eigenvalue weighted by Gasteiger charge is 2.30. The van der Waals surface area contributed by atoms with E-state index in [-0.39, 0.29) is 6.61 Å². The molecule has 198 valence electrons. The molecule has 1 heterocycles. The summed E-state index contributed by atoms with van der Waals surface area (Å²) in [5, 5.41) is 0. The summed E-state index contributed by atoms with van der Waals surface area (Å²) in [4.78, 5) is 22.6. The standard InChI is InChI=1S/C27H30F3N3O4/c1-4-20-16-19(6-11-24(20)37-18-25(34)36-5-2)17-33(14-15-35-3)26-31-13-12-23(32-26)21-7-9-22(10-8-21)27(28,29)30/h6-13,16H,4-5,14-15,17-18H2,1-3H3. The van der Waals surface area contributed by atoms with Crippen LogP contribution in [0.3, 0.4) is 0 Å². The number of carbonyl (C=O) groups is 1. The van der Waals surface area contributed by atoms with E-state index in [1.165, 1.54) is 12.1 Å². The van der Waals surface area contributed by atoms with E-state index in [2.05, 4.69) is 9.97 Å². The number of hydrogen-bond acceptors (Lipinski definition) is 7. The summed E-state index contributed by atoms with van der Waals surface area (Å²) in [5.74, 6) is 0.614. The van der Waals surface area contributed by atoms with Crippen LogP contribution in [0.5, 0.6) is 5.75 Å². The van der Waals surface area contributed by atoms with Gasteiger partial charge in [-0.15, -0.1) is 0 Å². The van der Waals surface area contributed by atoms with Crippen molar-refractivity contribution in [3.63, 3.8) is 0 Å². The first-order valence-corrected chi connectivity index (χ1v) is 11.9. The highest BCUT2D eigenvalue weighted by Crippen LogP contribution is 2.31. The summed E-state index contributed by atoms with van der Waals surface area (Å²) < 4.78 is 54.6. The van der Waals surface area contributed by atoms with Crippen molar-refractivity contribution in [3.8, 4) is 17.0 Å². The van der Waals surface area contributed by atoms with Gasteiger partial charge < -0.3 is 19.1 Å². The van der Waals surface area contributed by atoms with Crippen LogP contribution < -0.4 is 9.64 Å². The molecule has 3 aromatic rings. The predicted octanol–water partition coefficient (Wildman–Crippen LogP) is 5.32. The number of esters is 1. The number of methoxy groups -OCH3 is 1. The van der Waals surface area contributed by atoms with Crippen molar-refractivity contribution >= 4 is 11.9 Å². The van der Waals surface area contributed by atoms with Gasteiger partial charge in [0.05, 0.1) is 24.5 Å². The lowest BCUT2D eigenvalue weighted by Gasteiger charge is -2.23. The van der Waals surface area contributed by atoms with Crippen LogP contribution in [0.15, 0.2) is 54.7 Å². The Balaban J connectivity index is 1.81. The maximum Gasteiger partial charge on any atom is 0.416 e. The number of rotatable bonds is 12. The number of anilines is 1. The van der Waals surface area contributed by atoms with Gasteiger partial charge in [0.25, 0.3) is 0 Å². The molecule has 0 atom stereocenters. The Labute approximate surface area is 214 Å². The van der Waals surface area contributed by atoms with E-state index in [0.29, 0.717) is 55.7 Å². The fraction of sp³-hybridized carbons (Fsp3) is 0.370. The van der Waals surface area contributed by atoms with Crippen molar-refractivity contribution < 1.29 is 32.2 Å². The maximum atomic E-state index is 12.9. The number of aromatic nitrogens is 2. The van der Waals surface area contributed by atoms with Crippen molar-refractivity contribution in [3.05, 3.63) is 71.4 Å². The van der Waals surface area contributed by atoms with Crippen molar-refractivity contribution in [1.29, 1.82) is 0 Å². The van der Waals surface area contributed by atoms with Gasteiger partial charge in [0, 0.05) is 32.0 Å². The largest absolute Gasteiger partial charge is 0.482 e. The number of nitrogens with zero attached hydrogens (tertiary/aromatic N) is 3. The third-order valence-corrected chi connectivity index (χ3v) is 5.53. The predicted molar refractivity (Wildman–Crippen MR) is 133 cm³/mol. The number of aryl methyl sites for hydroxylation is 1. The second kappa shape index (κ2) is 13.0. The number of hydrogen-bond donors (Lipinski definition) is 0. The van der Waals surface area contributed by atoms with Gasteiger partial charge in [-0.05, 0) is 48.7 Å². The molecule has 0 fully saturated rings. The van der Waals surface area contributed by atoms with E-state index < -0.39 is 17.7 Å². The molecule has 3 rings (SSSR count). The van der Waals surface area contributed by atoms with Crippen molar-refractivity contribution in [2.24, 2.45) is 0 Å². The molecule has 0 unspecified atom stereocenters. The van der Waals surface area contributed by atoms with Crippen LogP contribution in [0.4, 0.5) is 19.1 Å². The highest BCUT2D eigenvalue weighted by atomic mass is 19.4. The fourth-order valence-corrected chi connectivity index (χ4v) is 3.65. The molecule has 0 N–H and O–H groups in total. The van der Waals surface area contributed by atoms with E-state index in [4.69, 9.17) is 14.2 Å². The Hall–Kier alpha value is -3.66. The minimum atomic E-state index is -4.40. The minimum Gasteiger partial charge on any atom is -0.482 e. The number of benzene rings is 2. The highest BCUT2D eigenvalue weighted by molar-refractivity contribution is 5.71. The van der Waals surface area contributed by atoms with Crippen molar-refractivity contribution in [2.45, 2.75) is 33.0 Å². The molecule has 0 aliphatic carbocycles. The second-order valence-electron chi connectivity index (χ2n) is 8.12. The van der Waals surface area contributed by atoms with Crippen LogP contribution >= 0.6 is 0 Å². The van der Waals surface area contributed by atoms with E-state index in [9.17, 15) is 18.0 Å². The smallest absolute Gasteiger partial charge is 0.416 e. The molecule has 10 heteroatoms. The lowest BCUT2D eigenvalue weighted by molar-refractivity contribution is -0.145. The average molecular weight is 518 g/mol. The summed E-state index contributed by atoms with van der Waals surface area (Å²) in [6.45, 7) is 5.25. The average Bonchev–Trinajstić information content (AvgIpc) is 2.90. The lowest BCUT2D eigenvalue weighted by Crippen LogP contribution is -2.28. The normalized spacial score (nSPS) is 11.3. The Morgan fingerprint density at radius 2 is 1.81 bits per heavy atom. The first kappa shape index (κ1) is 27.9. The maximum absolute atomic E-state index is 12.9. The molecule has 0 spiro atoms. The van der Waals surface area contributed by atoms with E-state index >= 15 is 0 Å². The van der Waals surface area contributed by atoms with Crippen LogP contribution in [0.25, 0.3) is 11.3 Å². The summed E-state index contributed by atoms with van der Waals surface area (Å²) in [6, 6.07) is 12.3. The zero-order valence-corrected chi connectivity index (χ0v) is 21.0. The Bertz CT molecular complexity index is 1170. The van der Waals surface area contributed by atoms with Crippen LogP contribution in [0, 0.1) is 0 Å². The van der Waals surface area contributed by atoms with E-state index in [1.807, 2.05) is 30.0 Å². The zero-order valence-electron chi connectivity index (χ0n) is 21.0. The third kappa shape index (κ3) is 7.91. The molecule has 0 amide bonds. The zero-order chi connectivity index (χ0) is 26.8. The number of halogens is 3. The Kier molecular flexibility index (Phi) is 9.85. The summed E-state index contributed by atoms with van der Waals surface area (Å²) >= 11 is 0. The quantitative estimate of drug-likeness (QED) is 0.301. The number of alkyl halides is 3. The Morgan fingerprint density at radius 1 is 1.05 bits per heavy atom. The minimum absolute atomic E-state index is 0.162. The first-order chi connectivity index (χ1) is 17.7. The van der Waals surface area contributed by atoms with Crippen LogP contribution in [0.1, 0.15) is 30.5 Å². The molecule has 37 heavy (non-hydrogen) atoms. The SMILES string of the molecule is CCOC(=O)COc1ccc(CN(CCOC)c2nccc(-c3ccc(C(F)(F)F)cc3)n2)cc1CC. The van der Waals surface area contributed by atoms with Gasteiger partial charge in [-0.2, -0.15) is 13.2 Å². The molecule has 1 aromatic heterocycles.